The van der Waals surface area contributed by atoms with Crippen molar-refractivity contribution in [2.24, 2.45) is 4.99 Å². The number of aromatic nitrogens is 1. The molecule has 202 valence electrons. The first kappa shape index (κ1) is 28.5. The Kier molecular flexibility index (Phi) is 10.0. The van der Waals surface area contributed by atoms with Crippen LogP contribution in [0.1, 0.15) is 43.6 Å². The van der Waals surface area contributed by atoms with Crippen LogP contribution in [0, 0.1) is 6.92 Å². The summed E-state index contributed by atoms with van der Waals surface area (Å²) in [5, 5.41) is 5.82. The maximum Gasteiger partial charge on any atom is 0.125 e. The largest absolute Gasteiger partial charge is 0.355 e. The third-order valence-corrected chi connectivity index (χ3v) is 6.77. The van der Waals surface area contributed by atoms with Crippen LogP contribution in [0.25, 0.3) is 32.9 Å². The van der Waals surface area contributed by atoms with Crippen LogP contribution < -0.4 is 5.32 Å². The van der Waals surface area contributed by atoms with Gasteiger partial charge < -0.3 is 4.98 Å². The van der Waals surface area contributed by atoms with Crippen LogP contribution in [0.15, 0.2) is 132 Å². The van der Waals surface area contributed by atoms with Crippen molar-refractivity contribution in [3.8, 4) is 11.1 Å². The van der Waals surface area contributed by atoms with E-state index in [2.05, 4.69) is 115 Å². The summed E-state index contributed by atoms with van der Waals surface area (Å²) >= 11 is 0. The van der Waals surface area contributed by atoms with Crippen LogP contribution in [-0.4, -0.2) is 17.7 Å². The molecule has 3 nitrogen and oxygen atoms in total. The molecule has 0 spiro atoms. The van der Waals surface area contributed by atoms with E-state index in [1.165, 1.54) is 38.5 Å². The summed E-state index contributed by atoms with van der Waals surface area (Å²) in [6, 6.07) is 44.3. The smallest absolute Gasteiger partial charge is 0.125 e. The number of aromatic amines is 1. The van der Waals surface area contributed by atoms with Gasteiger partial charge in [-0.15, -0.1) is 0 Å². The predicted molar refractivity (Wildman–Crippen MR) is 174 cm³/mol. The Morgan fingerprint density at radius 1 is 0.650 bits per heavy atom. The molecule has 0 radical (unpaired) electrons. The molecule has 0 aliphatic rings. The summed E-state index contributed by atoms with van der Waals surface area (Å²) in [6.45, 7) is 8.16. The third kappa shape index (κ3) is 6.93. The van der Waals surface area contributed by atoms with Crippen molar-refractivity contribution in [2.45, 2.75) is 33.9 Å². The molecule has 1 atom stereocenters. The fraction of sp³-hybridized carbons (Fsp3) is 0.162. The van der Waals surface area contributed by atoms with E-state index >= 15 is 0 Å². The van der Waals surface area contributed by atoms with E-state index in [0.717, 1.165) is 16.8 Å². The Labute approximate surface area is 238 Å². The van der Waals surface area contributed by atoms with Crippen molar-refractivity contribution in [1.29, 1.82) is 0 Å². The SMILES string of the molecule is CC.CNC(/N=C(\C)c1cccc(-c2ccc3[nH]c4ccccc4c3c2)c1)c1ccccc1.Cc1ccccc1. The Morgan fingerprint density at radius 3 is 1.95 bits per heavy atom. The van der Waals surface area contributed by atoms with Gasteiger partial charge in [0.1, 0.15) is 6.17 Å². The van der Waals surface area contributed by atoms with Gasteiger partial charge in [0, 0.05) is 27.5 Å². The Balaban J connectivity index is 0.000000355. The number of aryl methyl sites for hydroxylation is 1. The average Bonchev–Trinajstić information content (AvgIpc) is 3.40. The lowest BCUT2D eigenvalue weighted by molar-refractivity contribution is 0.625. The number of benzene rings is 5. The highest BCUT2D eigenvalue weighted by Crippen LogP contribution is 2.30. The molecule has 1 unspecified atom stereocenters. The van der Waals surface area contributed by atoms with E-state index in [1.54, 1.807) is 0 Å². The standard InChI is InChI=1S/C28H25N3.C7H8.C2H6/c1-19(30-28(29-2)20-9-4-3-5-10-20)21-11-8-12-22(17-21)23-15-16-27-25(18-23)24-13-6-7-14-26(24)31-27;1-7-5-3-2-4-6-7;1-2/h3-18,28-29,31H,1-2H3;2-6H,1H3;1-2H3/b30-19+;;. The molecule has 0 saturated carbocycles. The first-order chi connectivity index (χ1) is 19.6. The number of aliphatic imine (C=N–C) groups is 1. The number of H-pyrrole nitrogens is 1. The first-order valence-electron chi connectivity index (χ1n) is 14.0. The Hall–Kier alpha value is -4.47. The molecule has 1 heterocycles. The normalized spacial score (nSPS) is 11.8. The van der Waals surface area contributed by atoms with E-state index in [1.807, 2.05) is 57.3 Å². The van der Waals surface area contributed by atoms with Gasteiger partial charge in [-0.05, 0) is 67.4 Å². The van der Waals surface area contributed by atoms with Crippen molar-refractivity contribution < 1.29 is 0 Å². The minimum Gasteiger partial charge on any atom is -0.355 e. The maximum atomic E-state index is 4.95. The van der Waals surface area contributed by atoms with Gasteiger partial charge in [0.15, 0.2) is 0 Å². The molecule has 40 heavy (non-hydrogen) atoms. The van der Waals surface area contributed by atoms with Crippen LogP contribution in [0.5, 0.6) is 0 Å². The number of nitrogens with one attached hydrogen (secondary N) is 2. The lowest BCUT2D eigenvalue weighted by Crippen LogP contribution is -2.16. The molecule has 0 amide bonds. The van der Waals surface area contributed by atoms with Gasteiger partial charge >= 0.3 is 0 Å². The van der Waals surface area contributed by atoms with E-state index in [9.17, 15) is 0 Å². The summed E-state index contributed by atoms with van der Waals surface area (Å²) in [5.74, 6) is 0. The number of fused-ring (bicyclic) bond motifs is 3. The molecule has 5 aromatic carbocycles. The molecular weight excluding hydrogens is 486 g/mol. The molecule has 3 heteroatoms. The third-order valence-electron chi connectivity index (χ3n) is 6.77. The van der Waals surface area contributed by atoms with Gasteiger partial charge in [-0.3, -0.25) is 10.3 Å². The zero-order chi connectivity index (χ0) is 28.3. The summed E-state index contributed by atoms with van der Waals surface area (Å²) in [5.41, 5.74) is 9.36. The van der Waals surface area contributed by atoms with Crippen LogP contribution >= 0.6 is 0 Å². The highest BCUT2D eigenvalue weighted by molar-refractivity contribution is 6.08. The molecule has 0 saturated heterocycles. The first-order valence-corrected chi connectivity index (χ1v) is 14.0. The molecule has 0 fully saturated rings. The van der Waals surface area contributed by atoms with Gasteiger partial charge in [0.25, 0.3) is 0 Å². The molecule has 0 aliphatic heterocycles. The highest BCUT2D eigenvalue weighted by Gasteiger charge is 2.10. The fourth-order valence-corrected chi connectivity index (χ4v) is 4.70. The van der Waals surface area contributed by atoms with E-state index in [4.69, 9.17) is 4.99 Å². The average molecular weight is 526 g/mol. The Morgan fingerprint density at radius 2 is 1.27 bits per heavy atom. The van der Waals surface area contributed by atoms with Crippen LogP contribution in [0.4, 0.5) is 0 Å². The summed E-state index contributed by atoms with van der Waals surface area (Å²) in [4.78, 5) is 8.46. The number of para-hydroxylation sites is 1. The van der Waals surface area contributed by atoms with E-state index in [-0.39, 0.29) is 6.17 Å². The molecule has 0 bridgehead atoms. The zero-order valence-corrected chi connectivity index (χ0v) is 24.1. The topological polar surface area (TPSA) is 40.2 Å². The van der Waals surface area contributed by atoms with Crippen molar-refractivity contribution >= 4 is 27.5 Å². The second kappa shape index (κ2) is 14.1. The zero-order valence-electron chi connectivity index (χ0n) is 24.1. The quantitative estimate of drug-likeness (QED) is 0.216. The molecule has 1 aromatic heterocycles. The lowest BCUT2D eigenvalue weighted by atomic mass is 9.99. The minimum atomic E-state index is -0.0626. The molecule has 6 aromatic rings. The van der Waals surface area contributed by atoms with Crippen LogP contribution in [0.3, 0.4) is 0 Å². The predicted octanol–water partition coefficient (Wildman–Crippen LogP) is 9.74. The Bertz CT molecular complexity index is 1660. The van der Waals surface area contributed by atoms with Crippen molar-refractivity contribution in [1.82, 2.24) is 10.3 Å². The molecular formula is C37H39N3. The fourth-order valence-electron chi connectivity index (χ4n) is 4.70. The number of hydrogen-bond acceptors (Lipinski definition) is 2. The van der Waals surface area contributed by atoms with Crippen molar-refractivity contribution in [3.05, 3.63) is 144 Å². The number of nitrogens with zero attached hydrogens (tertiary/aromatic N) is 1. The van der Waals surface area contributed by atoms with Crippen molar-refractivity contribution in [2.75, 3.05) is 7.05 Å². The van der Waals surface area contributed by atoms with Gasteiger partial charge in [-0.25, -0.2) is 0 Å². The highest BCUT2D eigenvalue weighted by atomic mass is 15.0. The number of hydrogen-bond donors (Lipinski definition) is 2. The molecule has 0 aliphatic carbocycles. The van der Waals surface area contributed by atoms with Gasteiger partial charge in [-0.1, -0.05) is 123 Å². The van der Waals surface area contributed by atoms with Gasteiger partial charge in [0.05, 0.1) is 0 Å². The molecule has 2 N–H and O–H groups in total. The maximum absolute atomic E-state index is 4.95. The van der Waals surface area contributed by atoms with E-state index < -0.39 is 0 Å². The van der Waals surface area contributed by atoms with Crippen LogP contribution in [0.2, 0.25) is 0 Å². The second-order valence-corrected chi connectivity index (χ2v) is 9.48. The lowest BCUT2D eigenvalue weighted by Gasteiger charge is -2.14. The van der Waals surface area contributed by atoms with Gasteiger partial charge in [-0.2, -0.15) is 0 Å². The summed E-state index contributed by atoms with van der Waals surface area (Å²) < 4.78 is 0. The second-order valence-electron chi connectivity index (χ2n) is 9.48. The van der Waals surface area contributed by atoms with Gasteiger partial charge in [0.2, 0.25) is 0 Å². The monoisotopic (exact) mass is 525 g/mol. The number of rotatable bonds is 5. The van der Waals surface area contributed by atoms with Crippen molar-refractivity contribution in [3.63, 3.8) is 0 Å². The summed E-state index contributed by atoms with van der Waals surface area (Å²) in [7, 11) is 1.95. The molecule has 6 rings (SSSR count). The summed E-state index contributed by atoms with van der Waals surface area (Å²) in [6.07, 6.45) is -0.0626. The minimum absolute atomic E-state index is 0.0626. The van der Waals surface area contributed by atoms with E-state index in [0.29, 0.717) is 0 Å². The van der Waals surface area contributed by atoms with Crippen LogP contribution in [-0.2, 0) is 0 Å².